The van der Waals surface area contributed by atoms with Crippen LogP contribution in [0.4, 0.5) is 11.5 Å². The maximum Gasteiger partial charge on any atom is 0.125 e. The molecule has 1 N–H and O–H groups in total. The number of benzene rings is 1. The van der Waals surface area contributed by atoms with E-state index >= 15 is 0 Å². The number of anilines is 2. The summed E-state index contributed by atoms with van der Waals surface area (Å²) in [5.74, 6) is 1.34. The van der Waals surface area contributed by atoms with Crippen LogP contribution in [0.3, 0.4) is 0 Å². The van der Waals surface area contributed by atoms with Gasteiger partial charge in [0.2, 0.25) is 0 Å². The Morgan fingerprint density at radius 2 is 1.91 bits per heavy atom. The standard InChI is InChI=1S/C18H17N5/c19-10-15-4-3-5-16(11-20)18(15)23-9-7-14(13-23)12-22-17-6-1-2-8-21-17/h1-6,8,14H,7,9,12-13H2,(H,21,22). The van der Waals surface area contributed by atoms with Crippen LogP contribution in [-0.4, -0.2) is 24.6 Å². The van der Waals surface area contributed by atoms with Crippen LogP contribution in [0, 0.1) is 28.6 Å². The van der Waals surface area contributed by atoms with Crippen molar-refractivity contribution in [3.05, 3.63) is 53.7 Å². The van der Waals surface area contributed by atoms with Crippen LogP contribution in [0.1, 0.15) is 17.5 Å². The predicted molar refractivity (Wildman–Crippen MR) is 88.9 cm³/mol. The number of nitrogens with one attached hydrogen (secondary N) is 1. The minimum Gasteiger partial charge on any atom is -0.370 e. The first-order valence-electron chi connectivity index (χ1n) is 7.65. The third-order valence-electron chi connectivity index (χ3n) is 4.12. The van der Waals surface area contributed by atoms with Crippen LogP contribution in [0.25, 0.3) is 0 Å². The van der Waals surface area contributed by atoms with Gasteiger partial charge in [0.25, 0.3) is 0 Å². The van der Waals surface area contributed by atoms with Crippen LogP contribution in [0.2, 0.25) is 0 Å². The molecule has 0 radical (unpaired) electrons. The van der Waals surface area contributed by atoms with Crippen molar-refractivity contribution in [3.63, 3.8) is 0 Å². The van der Waals surface area contributed by atoms with E-state index in [1.807, 2.05) is 18.2 Å². The van der Waals surface area contributed by atoms with Gasteiger partial charge in [0.1, 0.15) is 18.0 Å². The van der Waals surface area contributed by atoms with E-state index in [2.05, 4.69) is 27.3 Å². The fraction of sp³-hybridized carbons (Fsp3) is 0.278. The second-order valence-electron chi connectivity index (χ2n) is 5.62. The third-order valence-corrected chi connectivity index (χ3v) is 4.12. The molecule has 3 rings (SSSR count). The van der Waals surface area contributed by atoms with Crippen molar-refractivity contribution in [1.29, 1.82) is 10.5 Å². The fourth-order valence-electron chi connectivity index (χ4n) is 2.98. The van der Waals surface area contributed by atoms with Crippen molar-refractivity contribution in [2.45, 2.75) is 6.42 Å². The molecule has 0 amide bonds. The number of hydrogen-bond donors (Lipinski definition) is 1. The molecular formula is C18H17N5. The second-order valence-corrected chi connectivity index (χ2v) is 5.62. The average molecular weight is 303 g/mol. The van der Waals surface area contributed by atoms with E-state index in [1.165, 1.54) is 0 Å². The summed E-state index contributed by atoms with van der Waals surface area (Å²) in [6, 6.07) is 15.5. The van der Waals surface area contributed by atoms with Crippen LogP contribution in [0.15, 0.2) is 42.6 Å². The summed E-state index contributed by atoms with van der Waals surface area (Å²) in [4.78, 5) is 6.42. The Morgan fingerprint density at radius 3 is 2.57 bits per heavy atom. The normalized spacial score (nSPS) is 16.6. The molecule has 1 unspecified atom stereocenters. The molecule has 5 heteroatoms. The van der Waals surface area contributed by atoms with Crippen molar-refractivity contribution in [2.24, 2.45) is 5.92 Å². The zero-order chi connectivity index (χ0) is 16.1. The molecule has 0 saturated carbocycles. The van der Waals surface area contributed by atoms with E-state index in [1.54, 1.807) is 24.4 Å². The lowest BCUT2D eigenvalue weighted by Gasteiger charge is -2.21. The molecule has 5 nitrogen and oxygen atoms in total. The minimum atomic E-state index is 0.468. The highest BCUT2D eigenvalue weighted by Crippen LogP contribution is 2.30. The first kappa shape index (κ1) is 14.9. The van der Waals surface area contributed by atoms with E-state index in [-0.39, 0.29) is 0 Å². The molecular weight excluding hydrogens is 286 g/mol. The molecule has 2 aromatic rings. The van der Waals surface area contributed by atoms with E-state index in [9.17, 15) is 10.5 Å². The lowest BCUT2D eigenvalue weighted by Crippen LogP contribution is -2.24. The van der Waals surface area contributed by atoms with Gasteiger partial charge in [-0.25, -0.2) is 4.98 Å². The smallest absolute Gasteiger partial charge is 0.125 e. The second kappa shape index (κ2) is 6.81. The summed E-state index contributed by atoms with van der Waals surface area (Å²) in [7, 11) is 0. The highest BCUT2D eigenvalue weighted by Gasteiger charge is 2.26. The maximum atomic E-state index is 9.31. The average Bonchev–Trinajstić information content (AvgIpc) is 3.08. The first-order chi connectivity index (χ1) is 11.3. The number of nitrogens with zero attached hydrogens (tertiary/aromatic N) is 4. The number of rotatable bonds is 4. The summed E-state index contributed by atoms with van der Waals surface area (Å²) in [6.07, 6.45) is 2.80. The van der Waals surface area contributed by atoms with Crippen molar-refractivity contribution in [1.82, 2.24) is 4.98 Å². The highest BCUT2D eigenvalue weighted by molar-refractivity contribution is 5.68. The summed E-state index contributed by atoms with van der Waals surface area (Å²) in [6.45, 7) is 2.54. The largest absolute Gasteiger partial charge is 0.370 e. The van der Waals surface area contributed by atoms with Gasteiger partial charge in [0, 0.05) is 25.8 Å². The highest BCUT2D eigenvalue weighted by atomic mass is 15.2. The number of hydrogen-bond acceptors (Lipinski definition) is 5. The van der Waals surface area contributed by atoms with Crippen LogP contribution >= 0.6 is 0 Å². The van der Waals surface area contributed by atoms with E-state index < -0.39 is 0 Å². The molecule has 0 spiro atoms. The van der Waals surface area contributed by atoms with Crippen LogP contribution in [-0.2, 0) is 0 Å². The van der Waals surface area contributed by atoms with E-state index in [4.69, 9.17) is 0 Å². The Kier molecular flexibility index (Phi) is 4.40. The zero-order valence-corrected chi connectivity index (χ0v) is 12.7. The molecule has 1 fully saturated rings. The SMILES string of the molecule is N#Cc1cccc(C#N)c1N1CCC(CNc2ccccn2)C1. The molecule has 23 heavy (non-hydrogen) atoms. The molecule has 1 aromatic heterocycles. The van der Waals surface area contributed by atoms with Crippen LogP contribution in [0.5, 0.6) is 0 Å². The van der Waals surface area contributed by atoms with Gasteiger partial charge in [-0.3, -0.25) is 0 Å². The molecule has 1 saturated heterocycles. The lowest BCUT2D eigenvalue weighted by molar-refractivity contribution is 0.621. The van der Waals surface area contributed by atoms with Gasteiger partial charge in [-0.15, -0.1) is 0 Å². The van der Waals surface area contributed by atoms with Crippen molar-refractivity contribution in [2.75, 3.05) is 29.9 Å². The van der Waals surface area contributed by atoms with Gasteiger partial charge in [0.15, 0.2) is 0 Å². The predicted octanol–water partition coefficient (Wildman–Crippen LogP) is 2.76. The molecule has 114 valence electrons. The van der Waals surface area contributed by atoms with E-state index in [0.29, 0.717) is 17.0 Å². The Labute approximate surface area is 135 Å². The summed E-state index contributed by atoms with van der Waals surface area (Å²) >= 11 is 0. The Morgan fingerprint density at radius 1 is 1.13 bits per heavy atom. The van der Waals surface area contributed by atoms with Gasteiger partial charge in [0.05, 0.1) is 16.8 Å². The van der Waals surface area contributed by atoms with Crippen molar-refractivity contribution in [3.8, 4) is 12.1 Å². The number of nitriles is 2. The van der Waals surface area contributed by atoms with E-state index in [0.717, 1.165) is 37.6 Å². The minimum absolute atomic E-state index is 0.468. The topological polar surface area (TPSA) is 75.7 Å². The van der Waals surface area contributed by atoms with Crippen molar-refractivity contribution >= 4 is 11.5 Å². The van der Waals surface area contributed by atoms with Gasteiger partial charge in [-0.1, -0.05) is 12.1 Å². The summed E-state index contributed by atoms with van der Waals surface area (Å²) in [5.41, 5.74) is 1.92. The number of aromatic nitrogens is 1. The molecule has 2 heterocycles. The molecule has 1 aromatic carbocycles. The Balaban J connectivity index is 1.69. The quantitative estimate of drug-likeness (QED) is 0.940. The first-order valence-corrected chi connectivity index (χ1v) is 7.65. The molecule has 1 atom stereocenters. The zero-order valence-electron chi connectivity index (χ0n) is 12.7. The molecule has 0 aliphatic carbocycles. The maximum absolute atomic E-state index is 9.31. The van der Waals surface area contributed by atoms with Gasteiger partial charge in [-0.2, -0.15) is 10.5 Å². The summed E-state index contributed by atoms with van der Waals surface area (Å²) in [5, 5.41) is 22.0. The fourth-order valence-corrected chi connectivity index (χ4v) is 2.98. The van der Waals surface area contributed by atoms with Gasteiger partial charge in [-0.05, 0) is 36.6 Å². The van der Waals surface area contributed by atoms with Crippen LogP contribution < -0.4 is 10.2 Å². The Hall–Kier alpha value is -3.05. The molecule has 1 aliphatic heterocycles. The van der Waals surface area contributed by atoms with Gasteiger partial charge < -0.3 is 10.2 Å². The van der Waals surface area contributed by atoms with Crippen molar-refractivity contribution < 1.29 is 0 Å². The lowest BCUT2D eigenvalue weighted by atomic mass is 10.1. The number of pyridine rings is 1. The summed E-state index contributed by atoms with van der Waals surface area (Å²) < 4.78 is 0. The third kappa shape index (κ3) is 3.25. The Bertz CT molecular complexity index is 725. The monoisotopic (exact) mass is 303 g/mol. The number of para-hydroxylation sites is 1. The molecule has 0 bridgehead atoms. The van der Waals surface area contributed by atoms with Gasteiger partial charge >= 0.3 is 0 Å². The molecule has 1 aliphatic rings.